The predicted octanol–water partition coefficient (Wildman–Crippen LogP) is 4.20. The van der Waals surface area contributed by atoms with Gasteiger partial charge in [0.05, 0.1) is 11.4 Å². The summed E-state index contributed by atoms with van der Waals surface area (Å²) in [6.45, 7) is 15.1. The Labute approximate surface area is 279 Å². The van der Waals surface area contributed by atoms with Gasteiger partial charge in [0.2, 0.25) is 0 Å². The maximum atomic E-state index is 13.1. The fourth-order valence-corrected chi connectivity index (χ4v) is 5.54. The van der Waals surface area contributed by atoms with Crippen LogP contribution in [0.15, 0.2) is 24.3 Å². The van der Waals surface area contributed by atoms with Gasteiger partial charge in [0, 0.05) is 17.0 Å². The number of hydrogen-bond acceptors (Lipinski definition) is 12. The first kappa shape index (κ1) is 37.5. The summed E-state index contributed by atoms with van der Waals surface area (Å²) in [6.07, 6.45) is 1.04. The minimum atomic E-state index is -0.732. The number of benzene rings is 1. The molecule has 1 amide bonds. The molecular weight excluding hydrogens is 628 g/mol. The second-order valence-corrected chi connectivity index (χ2v) is 15.2. The van der Waals surface area contributed by atoms with E-state index in [4.69, 9.17) is 23.7 Å². The van der Waals surface area contributed by atoms with Crippen molar-refractivity contribution < 1.29 is 47.7 Å². The summed E-state index contributed by atoms with van der Waals surface area (Å²) in [5, 5.41) is 5.88. The number of ether oxygens (including phenoxy) is 5. The second-order valence-electron chi connectivity index (χ2n) is 14.1. The third-order valence-corrected chi connectivity index (χ3v) is 7.42. The number of rotatable bonds is 11. The van der Waals surface area contributed by atoms with E-state index in [9.17, 15) is 24.0 Å². The number of amides is 1. The summed E-state index contributed by atoms with van der Waals surface area (Å²) >= 11 is 1.33. The van der Waals surface area contributed by atoms with Gasteiger partial charge in [0.15, 0.2) is 30.5 Å². The van der Waals surface area contributed by atoms with Crippen molar-refractivity contribution in [2.75, 3.05) is 26.3 Å². The maximum Gasteiger partial charge on any atom is 0.344 e. The first-order chi connectivity index (χ1) is 21.7. The van der Waals surface area contributed by atoms with Crippen molar-refractivity contribution in [2.24, 2.45) is 0 Å². The molecule has 1 atom stereocenters. The van der Waals surface area contributed by atoms with Gasteiger partial charge in [-0.25, -0.2) is 9.59 Å². The molecule has 12 nitrogen and oxygen atoms in total. The lowest BCUT2D eigenvalue weighted by Crippen LogP contribution is -2.42. The van der Waals surface area contributed by atoms with Gasteiger partial charge in [0.1, 0.15) is 22.8 Å². The average Bonchev–Trinajstić information content (AvgIpc) is 3.22. The lowest BCUT2D eigenvalue weighted by molar-refractivity contribution is -0.158. The molecule has 1 aliphatic heterocycles. The maximum absolute atomic E-state index is 13.1. The van der Waals surface area contributed by atoms with Crippen molar-refractivity contribution in [3.63, 3.8) is 0 Å². The summed E-state index contributed by atoms with van der Waals surface area (Å²) in [7, 11) is 0. The summed E-state index contributed by atoms with van der Waals surface area (Å²) in [5.74, 6) is -2.29. The van der Waals surface area contributed by atoms with Crippen molar-refractivity contribution >= 4 is 40.9 Å². The Bertz CT molecular complexity index is 1480. The van der Waals surface area contributed by atoms with Crippen molar-refractivity contribution in [3.05, 3.63) is 45.1 Å². The molecule has 1 unspecified atom stereocenters. The number of carbonyl (C=O) groups excluding carboxylic acids is 5. The number of carbonyl (C=O) groups is 5. The lowest BCUT2D eigenvalue weighted by Gasteiger charge is -2.23. The van der Waals surface area contributed by atoms with Crippen molar-refractivity contribution in [1.29, 1.82) is 0 Å². The van der Waals surface area contributed by atoms with E-state index in [1.807, 2.05) is 20.8 Å². The molecule has 47 heavy (non-hydrogen) atoms. The summed E-state index contributed by atoms with van der Waals surface area (Å²) in [4.78, 5) is 64.8. The van der Waals surface area contributed by atoms with Crippen LogP contribution in [-0.2, 0) is 41.4 Å². The highest BCUT2D eigenvalue weighted by Crippen LogP contribution is 2.30. The Morgan fingerprint density at radius 1 is 0.809 bits per heavy atom. The van der Waals surface area contributed by atoms with Gasteiger partial charge in [-0.1, -0.05) is 0 Å². The van der Waals surface area contributed by atoms with Gasteiger partial charge in [-0.05, 0) is 105 Å². The lowest BCUT2D eigenvalue weighted by atomic mass is 10.1. The van der Waals surface area contributed by atoms with Gasteiger partial charge in [0.25, 0.3) is 5.91 Å². The number of fused-ring (bicyclic) bond motifs is 1. The molecular formula is C34H46N2O10S. The highest BCUT2D eigenvalue weighted by molar-refractivity contribution is 7.14. The SMILES string of the molecule is CC(C)(C)OC(=O)COc1ccc(C(=O)CNC(=O)c2cc3c(s2)CCNC(C(=O)OC(C)(C)C)C3)cc1OCC(=O)OC(C)(C)C. The van der Waals surface area contributed by atoms with E-state index < -0.39 is 59.7 Å². The van der Waals surface area contributed by atoms with Crippen LogP contribution in [0.2, 0.25) is 0 Å². The smallest absolute Gasteiger partial charge is 0.344 e. The molecule has 0 radical (unpaired) electrons. The standard InChI is InChI=1S/C34H46N2O10S/c1-32(2,3)44-28(38)18-42-24-11-10-20(15-25(24)43-19-29(39)45-33(4,5)6)23(37)17-36-30(40)27-16-21-14-22(31(41)46-34(7,8)9)35-13-12-26(21)47-27/h10-11,15-16,22,35H,12-14,17-19H2,1-9H3,(H,36,40). The third-order valence-electron chi connectivity index (χ3n) is 6.18. The van der Waals surface area contributed by atoms with Crippen LogP contribution in [-0.4, -0.2) is 78.7 Å². The number of nitrogens with one attached hydrogen (secondary N) is 2. The van der Waals surface area contributed by atoms with Crippen LogP contribution in [0.1, 0.15) is 92.8 Å². The second kappa shape index (κ2) is 15.3. The Morgan fingerprint density at radius 2 is 1.38 bits per heavy atom. The van der Waals surface area contributed by atoms with Crippen molar-refractivity contribution in [3.8, 4) is 11.5 Å². The minimum Gasteiger partial charge on any atom is -0.478 e. The van der Waals surface area contributed by atoms with Gasteiger partial charge in [-0.2, -0.15) is 0 Å². The summed E-state index contributed by atoms with van der Waals surface area (Å²) in [6, 6.07) is 5.51. The van der Waals surface area contributed by atoms with E-state index in [-0.39, 0.29) is 29.6 Å². The number of thiophene rings is 1. The minimum absolute atomic E-state index is 0.0340. The van der Waals surface area contributed by atoms with Crippen LogP contribution in [0.4, 0.5) is 0 Å². The normalized spacial score (nSPS) is 15.0. The Balaban J connectivity index is 1.68. The fraction of sp³-hybridized carbons (Fsp3) is 0.559. The van der Waals surface area contributed by atoms with E-state index in [1.165, 1.54) is 29.5 Å². The zero-order valence-corrected chi connectivity index (χ0v) is 29.4. The monoisotopic (exact) mass is 674 g/mol. The molecule has 1 aromatic heterocycles. The largest absolute Gasteiger partial charge is 0.478 e. The molecule has 1 aliphatic rings. The van der Waals surface area contributed by atoms with E-state index in [2.05, 4.69) is 10.6 Å². The van der Waals surface area contributed by atoms with Crippen LogP contribution in [0.25, 0.3) is 0 Å². The predicted molar refractivity (Wildman–Crippen MR) is 175 cm³/mol. The van der Waals surface area contributed by atoms with Crippen molar-refractivity contribution in [2.45, 2.75) is 98.0 Å². The Kier molecular flexibility index (Phi) is 12.2. The molecule has 2 heterocycles. The Morgan fingerprint density at radius 3 is 1.96 bits per heavy atom. The van der Waals surface area contributed by atoms with Crippen LogP contribution in [0.3, 0.4) is 0 Å². The zero-order chi connectivity index (χ0) is 35.2. The van der Waals surface area contributed by atoms with E-state index >= 15 is 0 Å². The number of Topliss-reactive ketones (excluding diaryl/α,β-unsaturated/α-hetero) is 1. The topological polar surface area (TPSA) is 156 Å². The highest BCUT2D eigenvalue weighted by atomic mass is 32.1. The van der Waals surface area contributed by atoms with Crippen LogP contribution in [0, 0.1) is 0 Å². The molecule has 0 bridgehead atoms. The van der Waals surface area contributed by atoms with E-state index in [0.29, 0.717) is 24.3 Å². The molecule has 2 N–H and O–H groups in total. The molecule has 2 aromatic rings. The van der Waals surface area contributed by atoms with Gasteiger partial charge >= 0.3 is 17.9 Å². The first-order valence-corrected chi connectivity index (χ1v) is 16.2. The van der Waals surface area contributed by atoms with E-state index in [0.717, 1.165) is 10.4 Å². The summed E-state index contributed by atoms with van der Waals surface area (Å²) < 4.78 is 27.3. The highest BCUT2D eigenvalue weighted by Gasteiger charge is 2.29. The molecule has 0 spiro atoms. The molecule has 1 aromatic carbocycles. The third kappa shape index (κ3) is 12.6. The Hall–Kier alpha value is -3.97. The molecule has 0 saturated carbocycles. The first-order valence-electron chi connectivity index (χ1n) is 15.4. The fourth-order valence-electron chi connectivity index (χ4n) is 4.43. The molecule has 0 aliphatic carbocycles. The quantitative estimate of drug-likeness (QED) is 0.200. The molecule has 13 heteroatoms. The molecule has 0 fully saturated rings. The zero-order valence-electron chi connectivity index (χ0n) is 28.6. The van der Waals surface area contributed by atoms with Gasteiger partial charge in [-0.3, -0.25) is 14.4 Å². The van der Waals surface area contributed by atoms with Gasteiger partial charge in [-0.15, -0.1) is 11.3 Å². The molecule has 258 valence electrons. The van der Waals surface area contributed by atoms with E-state index in [1.54, 1.807) is 47.6 Å². The van der Waals surface area contributed by atoms with Crippen LogP contribution < -0.4 is 20.1 Å². The van der Waals surface area contributed by atoms with Crippen LogP contribution >= 0.6 is 11.3 Å². The van der Waals surface area contributed by atoms with Gasteiger partial charge < -0.3 is 34.3 Å². The average molecular weight is 675 g/mol. The molecule has 0 saturated heterocycles. The number of ketones is 1. The van der Waals surface area contributed by atoms with Crippen LogP contribution in [0.5, 0.6) is 11.5 Å². The number of hydrogen-bond donors (Lipinski definition) is 2. The number of esters is 3. The molecule has 3 rings (SSSR count). The summed E-state index contributed by atoms with van der Waals surface area (Å²) in [5.41, 5.74) is -0.981. The van der Waals surface area contributed by atoms with Crippen molar-refractivity contribution in [1.82, 2.24) is 10.6 Å².